The van der Waals surface area contributed by atoms with Crippen LogP contribution in [0, 0.1) is 33.1 Å². The molecule has 1 aliphatic heterocycles. The number of carbonyl (C=O) groups excluding carboxylic acids is 1. The fraction of sp³-hybridized carbons (Fsp3) is 0.310. The number of aryl methyl sites for hydroxylation is 4. The van der Waals surface area contributed by atoms with E-state index in [0.29, 0.717) is 35.5 Å². The summed E-state index contributed by atoms with van der Waals surface area (Å²) in [5, 5.41) is 7.50. The van der Waals surface area contributed by atoms with Gasteiger partial charge in [0.15, 0.2) is 0 Å². The predicted molar refractivity (Wildman–Crippen MR) is 156 cm³/mol. The molecule has 0 unspecified atom stereocenters. The average Bonchev–Trinajstić information content (AvgIpc) is 2.85. The van der Waals surface area contributed by atoms with Crippen LogP contribution in [0.2, 0.25) is 0 Å². The zero-order chi connectivity index (χ0) is 26.9. The molecule has 38 heavy (non-hydrogen) atoms. The largest absolute Gasteiger partial charge is 0.384 e. The van der Waals surface area contributed by atoms with E-state index in [1.54, 1.807) is 23.1 Å². The smallest absolute Gasteiger partial charge is 0.262 e. The fourth-order valence-corrected chi connectivity index (χ4v) is 6.61. The molecule has 0 atom stereocenters. The third-order valence-electron chi connectivity index (χ3n) is 7.21. The number of nitrogens with zero attached hydrogens (tertiary/aromatic N) is 1. The van der Waals surface area contributed by atoms with E-state index in [9.17, 15) is 13.2 Å². The first-order valence-electron chi connectivity index (χ1n) is 12.4. The van der Waals surface area contributed by atoms with E-state index in [1.807, 2.05) is 58.0 Å². The molecule has 4 N–H and O–H groups in total. The van der Waals surface area contributed by atoms with Gasteiger partial charge < -0.3 is 10.6 Å². The van der Waals surface area contributed by atoms with Crippen LogP contribution in [0.1, 0.15) is 51.8 Å². The first-order valence-corrected chi connectivity index (χ1v) is 13.9. The number of nitrogens with one attached hydrogen (secondary N) is 2. The Labute approximate surface area is 231 Å². The van der Waals surface area contributed by atoms with Crippen molar-refractivity contribution in [2.24, 2.45) is 5.73 Å². The van der Waals surface area contributed by atoms with Crippen molar-refractivity contribution < 1.29 is 13.2 Å². The average molecular weight is 555 g/mol. The van der Waals surface area contributed by atoms with Crippen molar-refractivity contribution in [2.45, 2.75) is 58.3 Å². The second kappa shape index (κ2) is 11.6. The molecule has 1 heterocycles. The zero-order valence-corrected chi connectivity index (χ0v) is 23.9. The maximum absolute atomic E-state index is 13.4. The molecule has 3 aromatic carbocycles. The lowest BCUT2D eigenvalue weighted by Crippen LogP contribution is -2.35. The molecule has 7 nitrogen and oxygen atoms in total. The van der Waals surface area contributed by atoms with E-state index < -0.39 is 10.0 Å². The molecule has 3 aromatic rings. The van der Waals surface area contributed by atoms with Crippen molar-refractivity contribution in [2.75, 3.05) is 16.2 Å². The van der Waals surface area contributed by atoms with Crippen LogP contribution in [-0.2, 0) is 27.7 Å². The molecular formula is C29H35ClN4O3S. The maximum atomic E-state index is 13.4. The molecule has 1 amide bonds. The summed E-state index contributed by atoms with van der Waals surface area (Å²) in [6, 6.07) is 14.8. The quantitative estimate of drug-likeness (QED) is 0.270. The van der Waals surface area contributed by atoms with Crippen molar-refractivity contribution in [1.29, 1.82) is 5.41 Å². The van der Waals surface area contributed by atoms with Gasteiger partial charge in [0.25, 0.3) is 10.0 Å². The summed E-state index contributed by atoms with van der Waals surface area (Å²) in [4.78, 5) is 15.2. The van der Waals surface area contributed by atoms with Crippen molar-refractivity contribution in [3.05, 3.63) is 87.5 Å². The predicted octanol–water partition coefficient (Wildman–Crippen LogP) is 5.34. The second-order valence-electron chi connectivity index (χ2n) is 9.80. The first kappa shape index (κ1) is 29.2. The second-order valence-corrected chi connectivity index (χ2v) is 11.4. The molecule has 0 saturated carbocycles. The summed E-state index contributed by atoms with van der Waals surface area (Å²) < 4.78 is 29.5. The van der Waals surface area contributed by atoms with Gasteiger partial charge in [0.2, 0.25) is 5.91 Å². The number of fused-ring (bicyclic) bond motifs is 1. The lowest BCUT2D eigenvalue weighted by molar-refractivity contribution is -0.118. The number of nitrogen functional groups attached to an aromatic ring is 1. The fourth-order valence-electron chi connectivity index (χ4n) is 4.95. The van der Waals surface area contributed by atoms with Gasteiger partial charge in [-0.3, -0.25) is 14.9 Å². The van der Waals surface area contributed by atoms with Crippen molar-refractivity contribution in [1.82, 2.24) is 0 Å². The Hall–Kier alpha value is -3.36. The summed E-state index contributed by atoms with van der Waals surface area (Å²) in [5.74, 6) is 0.0554. The van der Waals surface area contributed by atoms with Crippen LogP contribution < -0.4 is 15.4 Å². The minimum absolute atomic E-state index is 0. The zero-order valence-electron chi connectivity index (χ0n) is 22.2. The molecule has 0 aliphatic carbocycles. The number of carbonyl (C=O) groups is 1. The highest BCUT2D eigenvalue weighted by atomic mass is 35.5. The molecule has 4 rings (SSSR count). The Bertz CT molecular complexity index is 1460. The van der Waals surface area contributed by atoms with Crippen LogP contribution in [0.25, 0.3) is 0 Å². The molecular weight excluding hydrogens is 520 g/mol. The van der Waals surface area contributed by atoms with E-state index in [1.165, 1.54) is 0 Å². The summed E-state index contributed by atoms with van der Waals surface area (Å²) >= 11 is 0. The van der Waals surface area contributed by atoms with E-state index in [4.69, 9.17) is 11.1 Å². The van der Waals surface area contributed by atoms with Crippen LogP contribution in [-0.4, -0.2) is 26.7 Å². The summed E-state index contributed by atoms with van der Waals surface area (Å²) in [7, 11) is -3.78. The Morgan fingerprint density at radius 1 is 1.00 bits per heavy atom. The van der Waals surface area contributed by atoms with Gasteiger partial charge in [-0.1, -0.05) is 30.3 Å². The van der Waals surface area contributed by atoms with E-state index >= 15 is 0 Å². The Morgan fingerprint density at radius 2 is 1.63 bits per heavy atom. The van der Waals surface area contributed by atoms with E-state index in [2.05, 4.69) is 4.72 Å². The highest BCUT2D eigenvalue weighted by molar-refractivity contribution is 7.92. The number of anilines is 2. The van der Waals surface area contributed by atoms with Crippen LogP contribution >= 0.6 is 12.4 Å². The topological polar surface area (TPSA) is 116 Å². The molecule has 0 radical (unpaired) electrons. The highest BCUT2D eigenvalue weighted by Gasteiger charge is 2.25. The molecule has 202 valence electrons. The molecule has 0 aromatic heterocycles. The Kier molecular flexibility index (Phi) is 8.90. The number of rotatable bonds is 7. The molecule has 0 fully saturated rings. The van der Waals surface area contributed by atoms with E-state index in [-0.39, 0.29) is 24.1 Å². The summed E-state index contributed by atoms with van der Waals surface area (Å²) in [5.41, 5.74) is 12.9. The molecule has 0 bridgehead atoms. The minimum atomic E-state index is -3.78. The normalized spacial score (nSPS) is 12.9. The lowest BCUT2D eigenvalue weighted by Gasteiger charge is -2.30. The molecule has 0 spiro atoms. The number of hydrogen-bond donors (Lipinski definition) is 3. The van der Waals surface area contributed by atoms with Crippen LogP contribution in [0.3, 0.4) is 0 Å². The number of nitrogens with two attached hydrogens (primary N) is 1. The van der Waals surface area contributed by atoms with Gasteiger partial charge in [0, 0.05) is 29.9 Å². The Balaban J connectivity index is 0.00000400. The van der Waals surface area contributed by atoms with Gasteiger partial charge in [0.05, 0.1) is 4.90 Å². The summed E-state index contributed by atoms with van der Waals surface area (Å²) in [6.45, 7) is 8.16. The molecule has 0 saturated heterocycles. The SMILES string of the molecule is Cc1cc(C)c(C)c(S(=O)(=O)Nc2ccc3c(c2)CCCN3C(=O)CCc2ccc(C(=N)N)cc2)c1C.Cl. The number of sulfonamides is 1. The van der Waals surface area contributed by atoms with Crippen molar-refractivity contribution in [3.63, 3.8) is 0 Å². The molecule has 1 aliphatic rings. The van der Waals surface area contributed by atoms with Crippen molar-refractivity contribution in [3.8, 4) is 0 Å². The van der Waals surface area contributed by atoms with Gasteiger partial charge >= 0.3 is 0 Å². The van der Waals surface area contributed by atoms with Crippen LogP contribution in [0.5, 0.6) is 0 Å². The maximum Gasteiger partial charge on any atom is 0.262 e. The number of hydrogen-bond acceptors (Lipinski definition) is 4. The standard InChI is InChI=1S/C29H34N4O3S.ClH/c1-18-16-19(2)21(4)28(20(18)3)37(35,36)32-25-12-13-26-24(17-25)6-5-15-33(26)27(34)14-9-22-7-10-23(11-8-22)29(30)31;/h7-8,10-13,16-17,32H,5-6,9,14-15H2,1-4H3,(H3,30,31);1H. The highest BCUT2D eigenvalue weighted by Crippen LogP contribution is 2.33. The third kappa shape index (κ3) is 6.03. The van der Waals surface area contributed by atoms with Gasteiger partial charge in [-0.2, -0.15) is 0 Å². The van der Waals surface area contributed by atoms with Crippen LogP contribution in [0.15, 0.2) is 53.4 Å². The first-order chi connectivity index (χ1) is 17.5. The van der Waals surface area contributed by atoms with Crippen molar-refractivity contribution >= 4 is 45.5 Å². The third-order valence-corrected chi connectivity index (χ3v) is 8.86. The number of amidine groups is 1. The monoisotopic (exact) mass is 554 g/mol. The number of amides is 1. The minimum Gasteiger partial charge on any atom is -0.384 e. The lowest BCUT2D eigenvalue weighted by atomic mass is 10.00. The van der Waals surface area contributed by atoms with Gasteiger partial charge in [-0.25, -0.2) is 8.42 Å². The van der Waals surface area contributed by atoms with Gasteiger partial charge in [0.1, 0.15) is 5.84 Å². The van der Waals surface area contributed by atoms with Gasteiger partial charge in [-0.15, -0.1) is 12.4 Å². The number of halogens is 1. The number of benzene rings is 3. The van der Waals surface area contributed by atoms with Crippen LogP contribution in [0.4, 0.5) is 11.4 Å². The Morgan fingerprint density at radius 3 is 2.24 bits per heavy atom. The molecule has 9 heteroatoms. The van der Waals surface area contributed by atoms with E-state index in [0.717, 1.165) is 51.9 Å². The summed E-state index contributed by atoms with van der Waals surface area (Å²) in [6.07, 6.45) is 2.55. The van der Waals surface area contributed by atoms with Gasteiger partial charge in [-0.05, 0) is 98.5 Å².